The van der Waals surface area contributed by atoms with Crippen molar-refractivity contribution >= 4 is 11.9 Å². The smallest absolute Gasteiger partial charge is 0.306 e. The molecule has 2 N–H and O–H groups in total. The molecular formula is C14H24N2O4. The first kappa shape index (κ1) is 15.3. The molecule has 6 heteroatoms. The molecule has 0 saturated carbocycles. The molecule has 2 fully saturated rings. The van der Waals surface area contributed by atoms with Gasteiger partial charge >= 0.3 is 5.97 Å². The Bertz CT molecular complexity index is 379. The Labute approximate surface area is 119 Å². The minimum absolute atomic E-state index is 0.0502. The summed E-state index contributed by atoms with van der Waals surface area (Å²) < 4.78 is 5.53. The number of carbonyl (C=O) groups is 2. The summed E-state index contributed by atoms with van der Waals surface area (Å²) in [6.45, 7) is 6.20. The number of piperidine rings is 1. The molecular weight excluding hydrogens is 260 g/mol. The molecule has 0 aromatic carbocycles. The van der Waals surface area contributed by atoms with Gasteiger partial charge in [-0.3, -0.25) is 9.59 Å². The third-order valence-electron chi connectivity index (χ3n) is 4.73. The molecule has 0 aliphatic carbocycles. The van der Waals surface area contributed by atoms with Gasteiger partial charge in [-0.2, -0.15) is 0 Å². The van der Waals surface area contributed by atoms with Crippen molar-refractivity contribution in [2.24, 2.45) is 5.92 Å². The summed E-state index contributed by atoms with van der Waals surface area (Å²) in [6, 6.07) is 0. The quantitative estimate of drug-likeness (QED) is 0.784. The summed E-state index contributed by atoms with van der Waals surface area (Å²) >= 11 is 0. The van der Waals surface area contributed by atoms with E-state index in [1.807, 2.05) is 6.92 Å². The molecule has 6 nitrogen and oxygen atoms in total. The number of nitrogens with zero attached hydrogens (tertiary/aromatic N) is 1. The van der Waals surface area contributed by atoms with Gasteiger partial charge in [-0.15, -0.1) is 0 Å². The zero-order valence-electron chi connectivity index (χ0n) is 12.2. The van der Waals surface area contributed by atoms with E-state index in [9.17, 15) is 9.59 Å². The summed E-state index contributed by atoms with van der Waals surface area (Å²) in [5.74, 6) is -0.999. The lowest BCUT2D eigenvalue weighted by atomic mass is 9.94. The summed E-state index contributed by atoms with van der Waals surface area (Å²) in [6.07, 6.45) is 2.12. The Morgan fingerprint density at radius 1 is 1.40 bits per heavy atom. The monoisotopic (exact) mass is 284 g/mol. The van der Waals surface area contributed by atoms with E-state index >= 15 is 0 Å². The first-order chi connectivity index (χ1) is 9.42. The topological polar surface area (TPSA) is 78.9 Å². The molecule has 2 rings (SSSR count). The van der Waals surface area contributed by atoms with Gasteiger partial charge in [0.1, 0.15) is 0 Å². The summed E-state index contributed by atoms with van der Waals surface area (Å²) in [7, 11) is 0. The number of likely N-dealkylation sites (tertiary alicyclic amines) is 1. The fraction of sp³-hybridized carbons (Fsp3) is 0.857. The molecule has 2 aliphatic rings. The molecule has 2 aliphatic heterocycles. The van der Waals surface area contributed by atoms with Crippen LogP contribution in [0.4, 0.5) is 0 Å². The van der Waals surface area contributed by atoms with Crippen LogP contribution in [0, 0.1) is 5.92 Å². The van der Waals surface area contributed by atoms with Crippen LogP contribution in [-0.2, 0) is 14.3 Å². The molecule has 0 bridgehead atoms. The van der Waals surface area contributed by atoms with Gasteiger partial charge in [0.05, 0.1) is 18.6 Å². The highest BCUT2D eigenvalue weighted by atomic mass is 16.5. The van der Waals surface area contributed by atoms with Gasteiger partial charge < -0.3 is 20.1 Å². The number of amides is 1. The van der Waals surface area contributed by atoms with Crippen molar-refractivity contribution in [1.29, 1.82) is 0 Å². The molecule has 114 valence electrons. The number of carboxylic acid groups (broad SMARTS) is 1. The minimum atomic E-state index is -0.750. The molecule has 20 heavy (non-hydrogen) atoms. The lowest BCUT2D eigenvalue weighted by Crippen LogP contribution is -2.52. The maximum Gasteiger partial charge on any atom is 0.306 e. The lowest BCUT2D eigenvalue weighted by Gasteiger charge is -2.33. The zero-order chi connectivity index (χ0) is 14.8. The number of nitrogens with one attached hydrogen (secondary N) is 1. The standard InChI is InChI=1S/C14H24N2O4/c1-10-14(2,5-8-20-10)15-9-12(17)16-6-3-11(4-7-16)13(18)19/h10-11,15H,3-9H2,1-2H3,(H,18,19). The van der Waals surface area contributed by atoms with Crippen molar-refractivity contribution in [3.63, 3.8) is 0 Å². The van der Waals surface area contributed by atoms with Gasteiger partial charge in [-0.25, -0.2) is 0 Å². The SMILES string of the molecule is CC1OCCC1(C)NCC(=O)N1CCC(C(=O)O)CC1. The van der Waals surface area contributed by atoms with Gasteiger partial charge in [0.15, 0.2) is 0 Å². The van der Waals surface area contributed by atoms with Gasteiger partial charge in [0, 0.05) is 25.2 Å². The largest absolute Gasteiger partial charge is 0.481 e. The van der Waals surface area contributed by atoms with Crippen LogP contribution in [0.5, 0.6) is 0 Å². The van der Waals surface area contributed by atoms with E-state index in [0.717, 1.165) is 13.0 Å². The molecule has 0 aromatic rings. The van der Waals surface area contributed by atoms with Crippen molar-refractivity contribution < 1.29 is 19.4 Å². The van der Waals surface area contributed by atoms with Gasteiger partial charge in [-0.05, 0) is 33.1 Å². The fourth-order valence-electron chi connectivity index (χ4n) is 2.83. The second kappa shape index (κ2) is 6.10. The normalized spacial score (nSPS) is 31.5. The van der Waals surface area contributed by atoms with Crippen LogP contribution in [0.15, 0.2) is 0 Å². The molecule has 2 unspecified atom stereocenters. The number of carboxylic acids is 1. The van der Waals surface area contributed by atoms with Gasteiger partial charge in [0.25, 0.3) is 0 Å². The summed E-state index contributed by atoms with van der Waals surface area (Å²) in [5, 5.41) is 12.2. The van der Waals surface area contributed by atoms with E-state index in [0.29, 0.717) is 32.5 Å². The first-order valence-corrected chi connectivity index (χ1v) is 7.29. The molecule has 2 atom stereocenters. The molecule has 0 aromatic heterocycles. The lowest BCUT2D eigenvalue weighted by molar-refractivity contribution is -0.145. The average molecular weight is 284 g/mol. The fourth-order valence-corrected chi connectivity index (χ4v) is 2.83. The molecule has 0 radical (unpaired) electrons. The summed E-state index contributed by atoms with van der Waals surface area (Å²) in [4.78, 5) is 24.8. The minimum Gasteiger partial charge on any atom is -0.481 e. The van der Waals surface area contributed by atoms with E-state index in [1.165, 1.54) is 0 Å². The van der Waals surface area contributed by atoms with Crippen molar-refractivity contribution in [1.82, 2.24) is 10.2 Å². The van der Waals surface area contributed by atoms with Crippen LogP contribution in [0.3, 0.4) is 0 Å². The van der Waals surface area contributed by atoms with Crippen molar-refractivity contribution in [2.75, 3.05) is 26.2 Å². The maximum atomic E-state index is 12.2. The van der Waals surface area contributed by atoms with E-state index in [2.05, 4.69) is 12.2 Å². The number of hydrogen-bond acceptors (Lipinski definition) is 4. The van der Waals surface area contributed by atoms with E-state index in [4.69, 9.17) is 9.84 Å². The molecule has 0 spiro atoms. The van der Waals surface area contributed by atoms with Gasteiger partial charge in [0.2, 0.25) is 5.91 Å². The number of aliphatic carboxylic acids is 1. The first-order valence-electron chi connectivity index (χ1n) is 7.29. The second-order valence-electron chi connectivity index (χ2n) is 6.03. The highest BCUT2D eigenvalue weighted by Crippen LogP contribution is 2.25. The number of ether oxygens (including phenoxy) is 1. The Morgan fingerprint density at radius 2 is 2.05 bits per heavy atom. The Kier molecular flexibility index (Phi) is 4.65. The Hall–Kier alpha value is -1.14. The third kappa shape index (κ3) is 3.30. The number of hydrogen-bond donors (Lipinski definition) is 2. The van der Waals surface area contributed by atoms with Crippen molar-refractivity contribution in [3.8, 4) is 0 Å². The predicted molar refractivity (Wildman–Crippen MR) is 73.4 cm³/mol. The summed E-state index contributed by atoms with van der Waals surface area (Å²) in [5.41, 5.74) is -0.144. The average Bonchev–Trinajstić information content (AvgIpc) is 2.76. The zero-order valence-corrected chi connectivity index (χ0v) is 12.2. The van der Waals surface area contributed by atoms with Crippen LogP contribution >= 0.6 is 0 Å². The number of rotatable bonds is 4. The van der Waals surface area contributed by atoms with Crippen LogP contribution in [0.25, 0.3) is 0 Å². The van der Waals surface area contributed by atoms with Crippen molar-refractivity contribution in [3.05, 3.63) is 0 Å². The third-order valence-corrected chi connectivity index (χ3v) is 4.73. The van der Waals surface area contributed by atoms with E-state index < -0.39 is 5.97 Å². The molecule has 2 heterocycles. The van der Waals surface area contributed by atoms with Crippen LogP contribution in [0.1, 0.15) is 33.1 Å². The second-order valence-corrected chi connectivity index (χ2v) is 6.03. The highest BCUT2D eigenvalue weighted by molar-refractivity contribution is 5.79. The Morgan fingerprint density at radius 3 is 2.55 bits per heavy atom. The van der Waals surface area contributed by atoms with Crippen molar-refractivity contribution in [2.45, 2.75) is 44.8 Å². The van der Waals surface area contributed by atoms with Crippen LogP contribution in [0.2, 0.25) is 0 Å². The van der Waals surface area contributed by atoms with Gasteiger partial charge in [-0.1, -0.05) is 0 Å². The van der Waals surface area contributed by atoms with E-state index in [-0.39, 0.29) is 23.5 Å². The van der Waals surface area contributed by atoms with Crippen LogP contribution < -0.4 is 5.32 Å². The molecule has 1 amide bonds. The predicted octanol–water partition coefficient (Wildman–Crippen LogP) is 0.467. The maximum absolute atomic E-state index is 12.2. The van der Waals surface area contributed by atoms with Crippen LogP contribution in [-0.4, -0.2) is 59.8 Å². The Balaban J connectivity index is 1.77. The highest BCUT2D eigenvalue weighted by Gasteiger charge is 2.37. The van der Waals surface area contributed by atoms with E-state index in [1.54, 1.807) is 4.90 Å². The number of carbonyl (C=O) groups excluding carboxylic acids is 1. The molecule has 2 saturated heterocycles.